The molecule has 20 heavy (non-hydrogen) atoms. The minimum absolute atomic E-state index is 0.0817. The van der Waals surface area contributed by atoms with Gasteiger partial charge in [0.1, 0.15) is 11.6 Å². The summed E-state index contributed by atoms with van der Waals surface area (Å²) >= 11 is 0. The van der Waals surface area contributed by atoms with Crippen molar-refractivity contribution in [3.05, 3.63) is 59.9 Å². The van der Waals surface area contributed by atoms with Crippen LogP contribution < -0.4 is 4.83 Å². The smallest absolute Gasteiger partial charge is 0.276 e. The second-order valence-electron chi connectivity index (χ2n) is 3.90. The van der Waals surface area contributed by atoms with Crippen LogP contribution >= 0.6 is 0 Å². The molecule has 0 radical (unpaired) electrons. The van der Waals surface area contributed by atoms with E-state index >= 15 is 0 Å². The fourth-order valence-corrected chi connectivity index (χ4v) is 2.19. The molecule has 104 valence electrons. The van der Waals surface area contributed by atoms with Crippen LogP contribution in [0.5, 0.6) is 5.75 Å². The number of nitrogens with one attached hydrogen (secondary N) is 1. The molecule has 0 heterocycles. The first-order valence-corrected chi connectivity index (χ1v) is 7.05. The van der Waals surface area contributed by atoms with E-state index in [0.29, 0.717) is 5.56 Å². The summed E-state index contributed by atoms with van der Waals surface area (Å²) in [7, 11) is -3.82. The normalized spacial score (nSPS) is 11.7. The molecule has 0 amide bonds. The summed E-state index contributed by atoms with van der Waals surface area (Å²) in [5, 5.41) is 12.7. The number of rotatable bonds is 4. The molecule has 0 aliphatic carbocycles. The van der Waals surface area contributed by atoms with Crippen molar-refractivity contribution in [3.8, 4) is 5.75 Å². The lowest BCUT2D eigenvalue weighted by Crippen LogP contribution is -2.18. The van der Waals surface area contributed by atoms with Crippen LogP contribution in [-0.4, -0.2) is 19.7 Å². The molecule has 2 rings (SSSR count). The first kappa shape index (κ1) is 14.0. The molecule has 0 spiro atoms. The molecular formula is C13H11FN2O3S. The van der Waals surface area contributed by atoms with Crippen LogP contribution in [0.3, 0.4) is 0 Å². The van der Waals surface area contributed by atoms with E-state index in [9.17, 15) is 12.8 Å². The van der Waals surface area contributed by atoms with E-state index in [1.165, 1.54) is 18.3 Å². The lowest BCUT2D eigenvalue weighted by atomic mass is 10.2. The Labute approximate surface area is 115 Å². The molecule has 0 fully saturated rings. The minimum Gasteiger partial charge on any atom is -0.508 e. The fraction of sp³-hybridized carbons (Fsp3) is 0. The van der Waals surface area contributed by atoms with E-state index in [4.69, 9.17) is 5.11 Å². The Bertz CT molecular complexity index is 710. The predicted octanol–water partition coefficient (Wildman–Crippen LogP) is 1.84. The quantitative estimate of drug-likeness (QED) is 0.667. The molecule has 7 heteroatoms. The zero-order valence-corrected chi connectivity index (χ0v) is 11.0. The number of halogens is 1. The Balaban J connectivity index is 2.09. The predicted molar refractivity (Wildman–Crippen MR) is 72.4 cm³/mol. The highest BCUT2D eigenvalue weighted by atomic mass is 32.2. The third-order valence-corrected chi connectivity index (χ3v) is 3.64. The Morgan fingerprint density at radius 1 is 1.05 bits per heavy atom. The first-order chi connectivity index (χ1) is 9.47. The first-order valence-electron chi connectivity index (χ1n) is 5.57. The lowest BCUT2D eigenvalue weighted by molar-refractivity contribution is 0.475. The van der Waals surface area contributed by atoms with Gasteiger partial charge in [0.05, 0.1) is 11.1 Å². The van der Waals surface area contributed by atoms with Gasteiger partial charge in [-0.3, -0.25) is 0 Å². The molecule has 0 aromatic heterocycles. The van der Waals surface area contributed by atoms with Crippen molar-refractivity contribution >= 4 is 16.2 Å². The Hall–Kier alpha value is -2.41. The lowest BCUT2D eigenvalue weighted by Gasteiger charge is -2.02. The zero-order chi connectivity index (χ0) is 14.6. The second-order valence-corrected chi connectivity index (χ2v) is 5.56. The van der Waals surface area contributed by atoms with Crippen LogP contribution in [0.25, 0.3) is 0 Å². The van der Waals surface area contributed by atoms with Crippen molar-refractivity contribution in [2.24, 2.45) is 5.10 Å². The van der Waals surface area contributed by atoms with E-state index in [1.807, 2.05) is 4.83 Å². The summed E-state index contributed by atoms with van der Waals surface area (Å²) < 4.78 is 36.3. The maximum Gasteiger partial charge on any atom is 0.276 e. The van der Waals surface area contributed by atoms with Gasteiger partial charge in [-0.05, 0) is 54.1 Å². The maximum absolute atomic E-state index is 12.7. The van der Waals surface area contributed by atoms with Gasteiger partial charge in [-0.1, -0.05) is 0 Å². The standard InChI is InChI=1S/C13H11FN2O3S/c14-11-3-7-13(8-4-11)20(18,19)16-15-9-10-1-5-12(17)6-2-10/h1-9,16-17H/b15-9+. The van der Waals surface area contributed by atoms with Gasteiger partial charge >= 0.3 is 0 Å². The van der Waals surface area contributed by atoms with E-state index in [2.05, 4.69) is 5.10 Å². The van der Waals surface area contributed by atoms with Gasteiger partial charge in [0.15, 0.2) is 0 Å². The molecule has 0 saturated carbocycles. The van der Waals surface area contributed by atoms with Crippen LogP contribution in [0.1, 0.15) is 5.56 Å². The maximum atomic E-state index is 12.7. The molecule has 0 aliphatic heterocycles. The number of phenolic OH excluding ortho intramolecular Hbond substituents is 1. The van der Waals surface area contributed by atoms with E-state index in [1.54, 1.807) is 12.1 Å². The molecular weight excluding hydrogens is 283 g/mol. The van der Waals surface area contributed by atoms with Gasteiger partial charge in [-0.15, -0.1) is 0 Å². The highest BCUT2D eigenvalue weighted by Gasteiger charge is 2.12. The van der Waals surface area contributed by atoms with Crippen LogP contribution in [0.2, 0.25) is 0 Å². The van der Waals surface area contributed by atoms with Gasteiger partial charge in [0.25, 0.3) is 10.0 Å². The van der Waals surface area contributed by atoms with Crippen molar-refractivity contribution in [1.82, 2.24) is 4.83 Å². The van der Waals surface area contributed by atoms with Crippen LogP contribution in [-0.2, 0) is 10.0 Å². The minimum atomic E-state index is -3.82. The molecule has 2 N–H and O–H groups in total. The van der Waals surface area contributed by atoms with Crippen LogP contribution in [0.15, 0.2) is 58.5 Å². The van der Waals surface area contributed by atoms with Crippen LogP contribution in [0.4, 0.5) is 4.39 Å². The van der Waals surface area contributed by atoms with Crippen molar-refractivity contribution in [2.75, 3.05) is 0 Å². The number of hydrazone groups is 1. The largest absolute Gasteiger partial charge is 0.508 e. The van der Waals surface area contributed by atoms with Gasteiger partial charge in [-0.2, -0.15) is 13.5 Å². The van der Waals surface area contributed by atoms with Crippen molar-refractivity contribution in [2.45, 2.75) is 4.90 Å². The number of hydrogen-bond donors (Lipinski definition) is 2. The molecule has 0 atom stereocenters. The summed E-state index contributed by atoms with van der Waals surface area (Å²) in [6, 6.07) is 10.5. The molecule has 0 bridgehead atoms. The number of hydrogen-bond acceptors (Lipinski definition) is 4. The Kier molecular flexibility index (Phi) is 3.99. The Morgan fingerprint density at radius 2 is 1.65 bits per heavy atom. The number of sulfonamides is 1. The van der Waals surface area contributed by atoms with Gasteiger partial charge in [0.2, 0.25) is 0 Å². The summed E-state index contributed by atoms with van der Waals surface area (Å²) in [6.07, 6.45) is 1.29. The SMILES string of the molecule is O=S(=O)(N/N=C/c1ccc(O)cc1)c1ccc(F)cc1. The molecule has 0 aliphatic rings. The van der Waals surface area contributed by atoms with Crippen molar-refractivity contribution in [1.29, 1.82) is 0 Å². The average molecular weight is 294 g/mol. The summed E-state index contributed by atoms with van der Waals surface area (Å²) in [5.74, 6) is -0.411. The van der Waals surface area contributed by atoms with Crippen LogP contribution in [0, 0.1) is 5.82 Å². The summed E-state index contributed by atoms with van der Waals surface area (Å²) in [4.78, 5) is 1.93. The zero-order valence-electron chi connectivity index (χ0n) is 10.2. The van der Waals surface area contributed by atoms with E-state index < -0.39 is 15.8 Å². The highest BCUT2D eigenvalue weighted by molar-refractivity contribution is 7.89. The van der Waals surface area contributed by atoms with Gasteiger partial charge < -0.3 is 5.11 Å². The van der Waals surface area contributed by atoms with Gasteiger partial charge in [0, 0.05) is 0 Å². The highest BCUT2D eigenvalue weighted by Crippen LogP contribution is 2.10. The number of nitrogens with zero attached hydrogens (tertiary/aromatic N) is 1. The second kappa shape index (κ2) is 5.70. The molecule has 5 nitrogen and oxygen atoms in total. The fourth-order valence-electron chi connectivity index (χ4n) is 1.40. The monoisotopic (exact) mass is 294 g/mol. The summed E-state index contributed by atoms with van der Waals surface area (Å²) in [6.45, 7) is 0. The molecule has 0 unspecified atom stereocenters. The Morgan fingerprint density at radius 3 is 2.25 bits per heavy atom. The number of aromatic hydroxyl groups is 1. The topological polar surface area (TPSA) is 78.8 Å². The van der Waals surface area contributed by atoms with Gasteiger partial charge in [-0.25, -0.2) is 9.22 Å². The molecule has 2 aromatic rings. The third-order valence-electron chi connectivity index (χ3n) is 2.40. The molecule has 0 saturated heterocycles. The third kappa shape index (κ3) is 3.55. The van der Waals surface area contributed by atoms with E-state index in [-0.39, 0.29) is 10.6 Å². The molecule has 2 aromatic carbocycles. The number of phenols is 1. The van der Waals surface area contributed by atoms with E-state index in [0.717, 1.165) is 24.3 Å². The van der Waals surface area contributed by atoms with Crippen molar-refractivity contribution < 1.29 is 17.9 Å². The van der Waals surface area contributed by atoms with Crippen molar-refractivity contribution in [3.63, 3.8) is 0 Å². The average Bonchev–Trinajstić information content (AvgIpc) is 2.41. The summed E-state index contributed by atoms with van der Waals surface area (Å²) in [5.41, 5.74) is 0.615. The number of benzene rings is 2.